The van der Waals surface area contributed by atoms with Crippen molar-refractivity contribution < 1.29 is 4.42 Å². The maximum Gasteiger partial charge on any atom is 0.160 e. The Kier molecular flexibility index (Phi) is 8.75. The number of para-hydroxylation sites is 1. The fraction of sp³-hybridized carbons (Fsp3) is 0.0159. The van der Waals surface area contributed by atoms with Crippen LogP contribution in [-0.4, -0.2) is 9.97 Å². The third-order valence-corrected chi connectivity index (χ3v) is 13.5. The summed E-state index contributed by atoms with van der Waals surface area (Å²) in [7, 11) is 0. The van der Waals surface area contributed by atoms with E-state index in [1.807, 2.05) is 18.2 Å². The topological polar surface area (TPSA) is 38.9 Å². The maximum absolute atomic E-state index is 6.27. The molecule has 3 heteroatoms. The van der Waals surface area contributed by atoms with Crippen LogP contribution in [0.25, 0.3) is 100.0 Å². The third-order valence-electron chi connectivity index (χ3n) is 13.5. The average Bonchev–Trinajstić information content (AvgIpc) is 3.92. The summed E-state index contributed by atoms with van der Waals surface area (Å²) in [4.78, 5) is 10.8. The smallest absolute Gasteiger partial charge is 0.160 e. The number of furan rings is 1. The van der Waals surface area contributed by atoms with Crippen molar-refractivity contribution in [3.05, 3.63) is 265 Å². The Morgan fingerprint density at radius 2 is 0.864 bits per heavy atom. The summed E-state index contributed by atoms with van der Waals surface area (Å²) in [6.07, 6.45) is 0. The van der Waals surface area contributed by atoms with Crippen LogP contribution < -0.4 is 0 Å². The fourth-order valence-corrected chi connectivity index (χ4v) is 10.5. The number of nitrogens with zero attached hydrogens (tertiary/aromatic N) is 2. The van der Waals surface area contributed by atoms with Gasteiger partial charge in [0.15, 0.2) is 5.82 Å². The van der Waals surface area contributed by atoms with E-state index in [4.69, 9.17) is 14.4 Å². The minimum atomic E-state index is -0.482. The summed E-state index contributed by atoms with van der Waals surface area (Å²) in [6, 6.07) is 87.2. The second-order valence-electron chi connectivity index (χ2n) is 17.3. The fourth-order valence-electron chi connectivity index (χ4n) is 10.5. The van der Waals surface area contributed by atoms with E-state index in [1.165, 1.54) is 44.2 Å². The summed E-state index contributed by atoms with van der Waals surface area (Å²) in [6.45, 7) is 0. The van der Waals surface area contributed by atoms with E-state index < -0.39 is 5.41 Å². The molecule has 308 valence electrons. The van der Waals surface area contributed by atoms with Crippen molar-refractivity contribution in [1.82, 2.24) is 9.97 Å². The molecule has 0 bridgehead atoms. The zero-order valence-electron chi connectivity index (χ0n) is 35.9. The predicted molar refractivity (Wildman–Crippen MR) is 271 cm³/mol. The normalized spacial score (nSPS) is 12.7. The first-order valence-electron chi connectivity index (χ1n) is 22.5. The average molecular weight is 841 g/mol. The first-order valence-corrected chi connectivity index (χ1v) is 22.5. The van der Waals surface area contributed by atoms with Gasteiger partial charge in [-0.15, -0.1) is 0 Å². The molecule has 0 atom stereocenters. The Bertz CT molecular complexity index is 3780. The minimum absolute atomic E-state index is 0.482. The molecule has 0 saturated heterocycles. The molecule has 13 rings (SSSR count). The molecule has 0 spiro atoms. The second-order valence-corrected chi connectivity index (χ2v) is 17.3. The number of rotatable bonds is 7. The third kappa shape index (κ3) is 6.12. The van der Waals surface area contributed by atoms with Crippen LogP contribution in [0, 0.1) is 0 Å². The van der Waals surface area contributed by atoms with Gasteiger partial charge in [-0.25, -0.2) is 9.97 Å². The molecule has 10 aromatic carbocycles. The van der Waals surface area contributed by atoms with Crippen LogP contribution in [0.4, 0.5) is 0 Å². The van der Waals surface area contributed by atoms with Gasteiger partial charge in [-0.1, -0.05) is 188 Å². The Morgan fingerprint density at radius 3 is 1.64 bits per heavy atom. The molecule has 0 unspecified atom stereocenters. The molecule has 12 aromatic rings. The van der Waals surface area contributed by atoms with Crippen LogP contribution in [0.3, 0.4) is 0 Å². The molecule has 1 aliphatic rings. The van der Waals surface area contributed by atoms with Crippen molar-refractivity contribution in [2.45, 2.75) is 5.41 Å². The van der Waals surface area contributed by atoms with Crippen LogP contribution in [0.2, 0.25) is 0 Å². The van der Waals surface area contributed by atoms with E-state index in [0.717, 1.165) is 72.3 Å². The summed E-state index contributed by atoms with van der Waals surface area (Å²) in [5.41, 5.74) is 17.9. The molecule has 0 amide bonds. The highest BCUT2D eigenvalue weighted by Gasteiger charge is 2.46. The standard InChI is InChI=1S/C63H40N2O/c1-4-17-42(18-5-1)62-64-58(46-30-32-57-54(39-46)52-24-12-14-26-56(52)63(57,50-20-6-2-7-21-50)51-22-8-3-9-23-51)40-59(65-62)49-36-47(44-29-28-41-16-10-11-19-43(41)34-44)35-48(37-49)45-31-33-61-55(38-45)53-25-13-15-27-60(53)66-61/h1-40H. The lowest BCUT2D eigenvalue weighted by molar-refractivity contribution is 0.669. The molecule has 0 aliphatic heterocycles. The highest BCUT2D eigenvalue weighted by Crippen LogP contribution is 2.56. The summed E-state index contributed by atoms with van der Waals surface area (Å²) < 4.78 is 6.27. The molecular formula is C63H40N2O. The SMILES string of the molecule is c1ccc(-c2nc(-c3cc(-c4ccc5ccccc5c4)cc(-c4ccc5oc6ccccc6c5c4)c3)cc(-c3ccc4c(c3)-c3ccccc3C4(c3ccccc3)c3ccccc3)n2)cc1. The van der Waals surface area contributed by atoms with Gasteiger partial charge in [0.25, 0.3) is 0 Å². The largest absolute Gasteiger partial charge is 0.456 e. The molecule has 0 fully saturated rings. The molecule has 2 aromatic heterocycles. The molecule has 1 aliphatic carbocycles. The van der Waals surface area contributed by atoms with Crippen molar-refractivity contribution in [2.75, 3.05) is 0 Å². The van der Waals surface area contributed by atoms with Crippen LogP contribution in [0.1, 0.15) is 22.3 Å². The first kappa shape index (κ1) is 37.9. The molecule has 66 heavy (non-hydrogen) atoms. The van der Waals surface area contributed by atoms with Crippen molar-refractivity contribution >= 4 is 32.7 Å². The maximum atomic E-state index is 6.27. The van der Waals surface area contributed by atoms with E-state index in [2.05, 4.69) is 224 Å². The number of hydrogen-bond donors (Lipinski definition) is 0. The summed E-state index contributed by atoms with van der Waals surface area (Å²) >= 11 is 0. The van der Waals surface area contributed by atoms with Crippen molar-refractivity contribution in [2.24, 2.45) is 0 Å². The lowest BCUT2D eigenvalue weighted by Crippen LogP contribution is -2.28. The van der Waals surface area contributed by atoms with Crippen LogP contribution in [0.15, 0.2) is 247 Å². The molecule has 0 radical (unpaired) electrons. The number of hydrogen-bond acceptors (Lipinski definition) is 3. The zero-order chi connectivity index (χ0) is 43.6. The van der Waals surface area contributed by atoms with Gasteiger partial charge < -0.3 is 4.42 Å². The number of fused-ring (bicyclic) bond motifs is 7. The number of benzene rings is 10. The van der Waals surface area contributed by atoms with E-state index >= 15 is 0 Å². The van der Waals surface area contributed by atoms with Crippen molar-refractivity contribution in [3.63, 3.8) is 0 Å². The van der Waals surface area contributed by atoms with Gasteiger partial charge >= 0.3 is 0 Å². The Balaban J connectivity index is 1.02. The van der Waals surface area contributed by atoms with E-state index in [1.54, 1.807) is 0 Å². The zero-order valence-corrected chi connectivity index (χ0v) is 35.9. The van der Waals surface area contributed by atoms with Crippen LogP contribution >= 0.6 is 0 Å². The molecule has 2 heterocycles. The van der Waals surface area contributed by atoms with Gasteiger partial charge in [-0.2, -0.15) is 0 Å². The molecule has 3 nitrogen and oxygen atoms in total. The highest BCUT2D eigenvalue weighted by atomic mass is 16.3. The van der Waals surface area contributed by atoms with Gasteiger partial charge in [0.1, 0.15) is 11.2 Å². The monoisotopic (exact) mass is 840 g/mol. The predicted octanol–water partition coefficient (Wildman–Crippen LogP) is 16.2. The van der Waals surface area contributed by atoms with Gasteiger partial charge in [0.2, 0.25) is 0 Å². The van der Waals surface area contributed by atoms with Gasteiger partial charge in [0.05, 0.1) is 16.8 Å². The van der Waals surface area contributed by atoms with Crippen molar-refractivity contribution in [1.29, 1.82) is 0 Å². The Morgan fingerprint density at radius 1 is 0.303 bits per heavy atom. The second kappa shape index (κ2) is 15.3. The molecule has 0 saturated carbocycles. The van der Waals surface area contributed by atoms with E-state index in [9.17, 15) is 0 Å². The van der Waals surface area contributed by atoms with Crippen LogP contribution in [-0.2, 0) is 5.41 Å². The summed E-state index contributed by atoms with van der Waals surface area (Å²) in [5, 5.41) is 4.61. The Labute approximate surface area is 383 Å². The lowest BCUT2D eigenvalue weighted by atomic mass is 9.67. The van der Waals surface area contributed by atoms with Crippen molar-refractivity contribution in [3.8, 4) is 67.3 Å². The molecular weight excluding hydrogens is 801 g/mol. The quantitative estimate of drug-likeness (QED) is 0.160. The first-order chi connectivity index (χ1) is 32.7. The molecule has 0 N–H and O–H groups in total. The highest BCUT2D eigenvalue weighted by molar-refractivity contribution is 6.06. The van der Waals surface area contributed by atoms with E-state index in [0.29, 0.717) is 5.82 Å². The van der Waals surface area contributed by atoms with Crippen LogP contribution in [0.5, 0.6) is 0 Å². The van der Waals surface area contributed by atoms with Gasteiger partial charge in [-0.3, -0.25) is 0 Å². The lowest BCUT2D eigenvalue weighted by Gasteiger charge is -2.33. The van der Waals surface area contributed by atoms with Gasteiger partial charge in [-0.05, 0) is 121 Å². The minimum Gasteiger partial charge on any atom is -0.456 e. The van der Waals surface area contributed by atoms with Gasteiger partial charge in [0, 0.05) is 27.5 Å². The summed E-state index contributed by atoms with van der Waals surface area (Å²) in [5.74, 6) is 0.677. The van der Waals surface area contributed by atoms with E-state index in [-0.39, 0.29) is 0 Å². The Hall–Kier alpha value is -8.66. The number of aromatic nitrogens is 2.